The van der Waals surface area contributed by atoms with Crippen molar-refractivity contribution in [2.45, 2.75) is 0 Å². The fourth-order valence-electron chi connectivity index (χ4n) is 0.497. The molecule has 0 amide bonds. The van der Waals surface area contributed by atoms with Crippen molar-refractivity contribution in [2.24, 2.45) is 0 Å². The van der Waals surface area contributed by atoms with Crippen LogP contribution in [0.2, 0.25) is 0 Å². The predicted molar refractivity (Wildman–Crippen MR) is 66.3 cm³/mol. The third-order valence-electron chi connectivity index (χ3n) is 0.948. The summed E-state index contributed by atoms with van der Waals surface area (Å²) in [6.07, 6.45) is 2.53. The Hall–Kier alpha value is -0.000000000000000187. The summed E-state index contributed by atoms with van der Waals surface area (Å²) in [7, 11) is -5.60. The lowest BCUT2D eigenvalue weighted by Gasteiger charge is -1.92. The molecule has 0 aromatic heterocycles. The maximum Gasteiger partial charge on any atom is 0.287 e. The van der Waals surface area contributed by atoms with Crippen LogP contribution in [0.15, 0.2) is 23.0 Å². The molecule has 10 heteroatoms. The Kier molecular flexibility index (Phi) is 7.35. The third-order valence-corrected chi connectivity index (χ3v) is 4.16. The molecule has 0 aliphatic heterocycles. The van der Waals surface area contributed by atoms with Gasteiger partial charge < -0.3 is 0 Å². The van der Waals surface area contributed by atoms with E-state index in [1.54, 1.807) is 0 Å². The fraction of sp³-hybridized carbons (Fsp3) is 0.333. The molecule has 0 spiro atoms. The highest BCUT2D eigenvalue weighted by Crippen LogP contribution is 2.21. The molecule has 0 radical (unpaired) electrons. The highest BCUT2D eigenvalue weighted by molar-refractivity contribution is 8.76. The average Bonchev–Trinajstić information content (AvgIpc) is 2.06. The second kappa shape index (κ2) is 7.35. The summed E-state index contributed by atoms with van der Waals surface area (Å²) in [6.45, 7) is 0. The van der Waals surface area contributed by atoms with Gasteiger partial charge in [0.15, 0.2) is 0 Å². The summed E-state index contributed by atoms with van der Waals surface area (Å²) in [4.78, 5) is 0. The van der Waals surface area contributed by atoms with Crippen molar-refractivity contribution < 1.29 is 25.9 Å². The van der Waals surface area contributed by atoms with E-state index in [0.717, 1.165) is 0 Å². The van der Waals surface area contributed by atoms with E-state index in [0.29, 0.717) is 22.3 Å². The molecule has 94 valence electrons. The van der Waals surface area contributed by atoms with Gasteiger partial charge in [-0.1, -0.05) is 33.7 Å². The Labute approximate surface area is 102 Å². The second-order valence-electron chi connectivity index (χ2n) is 2.34. The van der Waals surface area contributed by atoms with E-state index < -0.39 is 20.2 Å². The van der Waals surface area contributed by atoms with Crippen LogP contribution in [0.1, 0.15) is 0 Å². The minimum atomic E-state index is -4.07. The molecule has 0 aliphatic carbocycles. The Morgan fingerprint density at radius 3 is 1.38 bits per heavy atom. The first-order valence-electron chi connectivity index (χ1n) is 3.73. The topological polar surface area (TPSA) is 109 Å². The van der Waals surface area contributed by atoms with Crippen LogP contribution in [0.4, 0.5) is 0 Å². The van der Waals surface area contributed by atoms with Gasteiger partial charge in [-0.05, 0) is 0 Å². The Morgan fingerprint density at radius 2 is 1.12 bits per heavy atom. The smallest absolute Gasteiger partial charge is 0.282 e. The van der Waals surface area contributed by atoms with Crippen molar-refractivity contribution >= 4 is 41.8 Å². The lowest BCUT2D eigenvalue weighted by molar-refractivity contribution is 0.492. The first kappa shape index (κ1) is 16.0. The minimum absolute atomic E-state index is 0.351. The Morgan fingerprint density at radius 1 is 0.812 bits per heavy atom. The van der Waals surface area contributed by atoms with Crippen LogP contribution in [0, 0.1) is 0 Å². The van der Waals surface area contributed by atoms with Crippen molar-refractivity contribution in [2.75, 3.05) is 11.5 Å². The summed E-state index contributed by atoms with van der Waals surface area (Å²) >= 11 is 0. The van der Waals surface area contributed by atoms with Gasteiger partial charge in [0.05, 0.1) is 10.8 Å². The number of hydrogen-bond donors (Lipinski definition) is 2. The summed E-state index contributed by atoms with van der Waals surface area (Å²) in [6, 6.07) is 0. The van der Waals surface area contributed by atoms with E-state index in [2.05, 4.69) is 0 Å². The van der Waals surface area contributed by atoms with Gasteiger partial charge in [0, 0.05) is 11.5 Å². The molecule has 0 bridgehead atoms. The zero-order valence-electron chi connectivity index (χ0n) is 7.88. The summed E-state index contributed by atoms with van der Waals surface area (Å²) in [5.74, 6) is 0.703. The molecule has 0 heterocycles. The van der Waals surface area contributed by atoms with Gasteiger partial charge in [-0.2, -0.15) is 16.8 Å². The quantitative estimate of drug-likeness (QED) is 0.410. The molecule has 0 aromatic rings. The molecule has 0 atom stereocenters. The summed E-state index contributed by atoms with van der Waals surface area (Å²) in [5, 5.41) is 1.35. The lowest BCUT2D eigenvalue weighted by atomic mass is 10.8. The van der Waals surface area contributed by atoms with Crippen molar-refractivity contribution in [3.8, 4) is 0 Å². The Balaban J connectivity index is 3.64. The molecule has 0 aliphatic rings. The number of rotatable bonds is 7. The summed E-state index contributed by atoms with van der Waals surface area (Å²) in [5.41, 5.74) is 0. The van der Waals surface area contributed by atoms with Gasteiger partial charge >= 0.3 is 0 Å². The highest BCUT2D eigenvalue weighted by Gasteiger charge is 1.95. The van der Waals surface area contributed by atoms with Gasteiger partial charge in [0.2, 0.25) is 0 Å². The van der Waals surface area contributed by atoms with Crippen molar-refractivity contribution in [3.63, 3.8) is 0 Å². The zero-order valence-corrected chi connectivity index (χ0v) is 11.2. The van der Waals surface area contributed by atoms with Crippen LogP contribution >= 0.6 is 21.6 Å². The normalized spacial score (nSPS) is 13.9. The van der Waals surface area contributed by atoms with Gasteiger partial charge in [-0.25, -0.2) is 0 Å². The summed E-state index contributed by atoms with van der Waals surface area (Å²) < 4.78 is 57.5. The molecule has 0 rings (SSSR count). The van der Waals surface area contributed by atoms with E-state index in [1.165, 1.54) is 33.7 Å². The van der Waals surface area contributed by atoms with Gasteiger partial charge in [-0.3, -0.25) is 9.11 Å². The largest absolute Gasteiger partial charge is 0.287 e. The van der Waals surface area contributed by atoms with Crippen LogP contribution in [0.3, 0.4) is 0 Å². The highest BCUT2D eigenvalue weighted by atomic mass is 33.1. The molecule has 0 aromatic carbocycles. The van der Waals surface area contributed by atoms with Crippen LogP contribution in [0.25, 0.3) is 0 Å². The minimum Gasteiger partial charge on any atom is -0.282 e. The first-order valence-corrected chi connectivity index (χ1v) is 9.22. The van der Waals surface area contributed by atoms with E-state index in [4.69, 9.17) is 9.11 Å². The fourth-order valence-corrected chi connectivity index (χ4v) is 3.01. The van der Waals surface area contributed by atoms with Crippen molar-refractivity contribution in [3.05, 3.63) is 23.0 Å². The maximum atomic E-state index is 10.2. The van der Waals surface area contributed by atoms with E-state index in [9.17, 15) is 16.8 Å². The van der Waals surface area contributed by atoms with Crippen molar-refractivity contribution in [1.29, 1.82) is 0 Å². The van der Waals surface area contributed by atoms with Gasteiger partial charge in [0.25, 0.3) is 20.2 Å². The molecule has 16 heavy (non-hydrogen) atoms. The molecule has 2 N–H and O–H groups in total. The van der Waals surface area contributed by atoms with Crippen LogP contribution in [0.5, 0.6) is 0 Å². The van der Waals surface area contributed by atoms with E-state index >= 15 is 0 Å². The SMILES string of the molecule is O=S(=O)(O)C=CCSSCC=CS(=O)(=O)O. The molecular weight excluding hydrogens is 296 g/mol. The Bertz CT molecular complexity index is 401. The zero-order chi connectivity index (χ0) is 12.7. The average molecular weight is 306 g/mol. The second-order valence-corrected chi connectivity index (χ2v) is 7.50. The third kappa shape index (κ3) is 14.0. The maximum absolute atomic E-state index is 10.2. The van der Waals surface area contributed by atoms with Crippen LogP contribution in [-0.2, 0) is 20.2 Å². The van der Waals surface area contributed by atoms with Crippen LogP contribution < -0.4 is 0 Å². The molecule has 0 fully saturated rings. The molecule has 0 saturated carbocycles. The first-order chi connectivity index (χ1) is 7.21. The molecule has 6 nitrogen and oxygen atoms in total. The monoisotopic (exact) mass is 306 g/mol. The standard InChI is InChI=1S/C6H10O6S4/c7-15(8,9)5-1-3-13-14-4-2-6-16(10,11)12/h1-2,5-6H,3-4H2,(H,7,8,9)(H,10,11,12). The number of hydrogen-bond acceptors (Lipinski definition) is 6. The van der Waals surface area contributed by atoms with Crippen molar-refractivity contribution in [1.82, 2.24) is 0 Å². The molecular formula is C6H10O6S4. The molecule has 0 unspecified atom stereocenters. The van der Waals surface area contributed by atoms with E-state index in [1.807, 2.05) is 0 Å². The van der Waals surface area contributed by atoms with Gasteiger partial charge in [0.1, 0.15) is 0 Å². The molecule has 0 saturated heterocycles. The van der Waals surface area contributed by atoms with Gasteiger partial charge in [-0.15, -0.1) is 0 Å². The van der Waals surface area contributed by atoms with E-state index in [-0.39, 0.29) is 0 Å². The predicted octanol–water partition coefficient (Wildman–Crippen LogP) is 1.17. The lowest BCUT2D eigenvalue weighted by Crippen LogP contribution is -1.89. The van der Waals surface area contributed by atoms with Crippen LogP contribution in [-0.4, -0.2) is 37.4 Å².